The van der Waals surface area contributed by atoms with Crippen molar-refractivity contribution in [3.63, 3.8) is 0 Å². The van der Waals surface area contributed by atoms with Gasteiger partial charge in [0.15, 0.2) is 0 Å². The van der Waals surface area contributed by atoms with Gasteiger partial charge < -0.3 is 4.74 Å². The molecule has 0 aliphatic rings. The highest BCUT2D eigenvalue weighted by Gasteiger charge is 2.00. The van der Waals surface area contributed by atoms with Gasteiger partial charge in [0.05, 0.1) is 7.11 Å². The quantitative estimate of drug-likeness (QED) is 0.767. The molecule has 0 N–H and O–H groups in total. The van der Waals surface area contributed by atoms with E-state index < -0.39 is 18.8 Å². The standard InChI is InChI=1S/C10H11BrO2/c1-13-10(12)7-4-8-2-5-9(11)6-3-8/h2-3,5-6H,4,7H2,1H3/i4T,7T. The Hall–Kier alpha value is -0.830. The Morgan fingerprint density at radius 2 is 2.15 bits per heavy atom. The van der Waals surface area contributed by atoms with Crippen molar-refractivity contribution in [2.24, 2.45) is 0 Å². The Kier molecular flexibility index (Phi) is 2.92. The summed E-state index contributed by atoms with van der Waals surface area (Å²) in [5.41, 5.74) is 0.628. The zero-order valence-corrected chi connectivity index (χ0v) is 8.74. The second-order valence-electron chi connectivity index (χ2n) is 2.41. The zero-order valence-electron chi connectivity index (χ0n) is 9.16. The average Bonchev–Trinajstić information content (AvgIpc) is 2.27. The topological polar surface area (TPSA) is 26.3 Å². The summed E-state index contributed by atoms with van der Waals surface area (Å²) in [5, 5.41) is 0. The fourth-order valence-electron chi connectivity index (χ4n) is 0.806. The van der Waals surface area contributed by atoms with Crippen molar-refractivity contribution in [1.82, 2.24) is 0 Å². The molecule has 1 rings (SSSR count). The second kappa shape index (κ2) is 5.02. The summed E-state index contributed by atoms with van der Waals surface area (Å²) < 4.78 is 20.5. The van der Waals surface area contributed by atoms with Crippen LogP contribution in [0.1, 0.15) is 14.7 Å². The highest BCUT2D eigenvalue weighted by atomic mass is 79.9. The van der Waals surface area contributed by atoms with Crippen molar-refractivity contribution in [3.8, 4) is 0 Å². The Labute approximate surface area is 88.8 Å². The van der Waals surface area contributed by atoms with Crippen LogP contribution in [0.5, 0.6) is 0 Å². The largest absolute Gasteiger partial charge is 0.469 e. The fourth-order valence-corrected chi connectivity index (χ4v) is 1.07. The van der Waals surface area contributed by atoms with Crippen molar-refractivity contribution >= 4 is 21.9 Å². The van der Waals surface area contributed by atoms with Gasteiger partial charge in [-0.15, -0.1) is 0 Å². The summed E-state index contributed by atoms with van der Waals surface area (Å²) in [4.78, 5) is 11.1. The predicted molar refractivity (Wildman–Crippen MR) is 54.5 cm³/mol. The number of esters is 1. The molecule has 3 heteroatoms. The van der Waals surface area contributed by atoms with Crippen molar-refractivity contribution < 1.29 is 12.3 Å². The van der Waals surface area contributed by atoms with Crippen LogP contribution in [0.15, 0.2) is 28.7 Å². The summed E-state index contributed by atoms with van der Waals surface area (Å²) in [5.74, 6) is -0.682. The van der Waals surface area contributed by atoms with Crippen LogP contribution in [0.2, 0.25) is 0 Å². The smallest absolute Gasteiger partial charge is 0.305 e. The van der Waals surface area contributed by atoms with Gasteiger partial charge in [-0.05, 0) is 24.1 Å². The highest BCUT2D eigenvalue weighted by Crippen LogP contribution is 2.11. The van der Waals surface area contributed by atoms with Gasteiger partial charge in [0.25, 0.3) is 0 Å². The van der Waals surface area contributed by atoms with Gasteiger partial charge in [-0.2, -0.15) is 0 Å². The number of ether oxygens (including phenoxy) is 1. The van der Waals surface area contributed by atoms with E-state index in [1.807, 2.05) is 0 Å². The third-order valence-electron chi connectivity index (χ3n) is 1.48. The summed E-state index contributed by atoms with van der Waals surface area (Å²) in [6.45, 7) is 0. The number of hydrogen-bond acceptors (Lipinski definition) is 2. The van der Waals surface area contributed by atoms with Crippen molar-refractivity contribution in [2.45, 2.75) is 12.8 Å². The Balaban J connectivity index is 2.80. The van der Waals surface area contributed by atoms with Crippen LogP contribution in [0.3, 0.4) is 0 Å². The average molecular weight is 247 g/mol. The second-order valence-corrected chi connectivity index (χ2v) is 3.32. The molecule has 0 amide bonds. The minimum Gasteiger partial charge on any atom is -0.469 e. The van der Waals surface area contributed by atoms with Gasteiger partial charge in [0.1, 0.15) is 0 Å². The van der Waals surface area contributed by atoms with Crippen molar-refractivity contribution in [3.05, 3.63) is 34.3 Å². The molecule has 2 unspecified atom stereocenters. The van der Waals surface area contributed by atoms with Crippen LogP contribution < -0.4 is 0 Å². The molecule has 0 heterocycles. The van der Waals surface area contributed by atoms with Gasteiger partial charge in [-0.3, -0.25) is 4.79 Å². The van der Waals surface area contributed by atoms with Crippen LogP contribution >= 0.6 is 15.9 Å². The number of halogens is 1. The molecular formula is C10H11BrO2. The highest BCUT2D eigenvalue weighted by molar-refractivity contribution is 9.10. The van der Waals surface area contributed by atoms with E-state index in [2.05, 4.69) is 20.7 Å². The number of aryl methyl sites for hydroxylation is 1. The summed E-state index contributed by atoms with van der Waals surface area (Å²) in [6.07, 6.45) is -2.11. The van der Waals surface area contributed by atoms with Gasteiger partial charge in [-0.25, -0.2) is 0 Å². The van der Waals surface area contributed by atoms with Gasteiger partial charge in [0.2, 0.25) is 0 Å². The molecule has 13 heavy (non-hydrogen) atoms. The number of hydrogen-bond donors (Lipinski definition) is 0. The molecule has 2 atom stereocenters. The molecule has 2 nitrogen and oxygen atoms in total. The lowest BCUT2D eigenvalue weighted by Crippen LogP contribution is -2.01. The summed E-state index contributed by atoms with van der Waals surface area (Å²) in [6, 6.07) is 6.99. The maximum absolute atomic E-state index is 11.1. The molecule has 1 aromatic rings. The molecule has 0 radical (unpaired) electrons. The molecule has 0 aliphatic heterocycles. The van der Waals surface area contributed by atoms with Crippen LogP contribution in [-0.2, 0) is 15.9 Å². The van der Waals surface area contributed by atoms with Crippen LogP contribution in [0.25, 0.3) is 0 Å². The van der Waals surface area contributed by atoms with Crippen LogP contribution in [-0.4, -0.2) is 13.1 Å². The molecule has 0 saturated carbocycles. The lowest BCUT2D eigenvalue weighted by Gasteiger charge is -2.00. The maximum Gasteiger partial charge on any atom is 0.305 e. The number of carbonyl (C=O) groups is 1. The first-order chi connectivity index (χ1) is 7.06. The maximum atomic E-state index is 11.1. The normalized spacial score (nSPS) is 16.8. The Morgan fingerprint density at radius 1 is 1.54 bits per heavy atom. The summed E-state index contributed by atoms with van der Waals surface area (Å²) in [7, 11) is 1.22. The molecule has 70 valence electrons. The van der Waals surface area contributed by atoms with Crippen molar-refractivity contribution in [1.29, 1.82) is 0 Å². The number of rotatable bonds is 3. The molecule has 0 aromatic heterocycles. The first-order valence-corrected chi connectivity index (χ1v) is 4.53. The minimum atomic E-state index is -1.20. The third-order valence-corrected chi connectivity index (χ3v) is 2.01. The van der Waals surface area contributed by atoms with Crippen molar-refractivity contribution in [2.75, 3.05) is 7.11 Å². The van der Waals surface area contributed by atoms with E-state index in [1.54, 1.807) is 24.3 Å². The minimum absolute atomic E-state index is 0.628. The lowest BCUT2D eigenvalue weighted by molar-refractivity contribution is -0.140. The van der Waals surface area contributed by atoms with Gasteiger partial charge in [-0.1, -0.05) is 28.1 Å². The van der Waals surface area contributed by atoms with E-state index in [0.717, 1.165) is 4.47 Å². The van der Waals surface area contributed by atoms with E-state index in [1.165, 1.54) is 7.11 Å². The molecule has 0 aliphatic carbocycles. The SMILES string of the molecule is [3H]C(C(=O)OC)C([3H])c1ccc(Br)cc1. The van der Waals surface area contributed by atoms with Gasteiger partial charge in [0, 0.05) is 13.6 Å². The van der Waals surface area contributed by atoms with E-state index in [-0.39, 0.29) is 0 Å². The van der Waals surface area contributed by atoms with Crippen LogP contribution in [0, 0.1) is 0 Å². The fraction of sp³-hybridized carbons (Fsp3) is 0.300. The first-order valence-electron chi connectivity index (χ1n) is 4.89. The zero-order chi connectivity index (χ0) is 11.4. The van der Waals surface area contributed by atoms with Gasteiger partial charge >= 0.3 is 5.97 Å². The van der Waals surface area contributed by atoms with E-state index in [4.69, 9.17) is 2.74 Å². The number of benzene rings is 1. The first kappa shape index (κ1) is 7.56. The number of methoxy groups -OCH3 is 1. The van der Waals surface area contributed by atoms with E-state index >= 15 is 0 Å². The number of carbonyl (C=O) groups excluding carboxylic acids is 1. The molecule has 0 fully saturated rings. The molecule has 0 spiro atoms. The van der Waals surface area contributed by atoms with E-state index in [9.17, 15) is 4.79 Å². The molecular weight excluding hydrogens is 232 g/mol. The lowest BCUT2D eigenvalue weighted by atomic mass is 10.1. The monoisotopic (exact) mass is 246 g/mol. The summed E-state index contributed by atoms with van der Waals surface area (Å²) >= 11 is 3.27. The Bertz CT molecular complexity index is 340. The molecule has 1 aromatic carbocycles. The van der Waals surface area contributed by atoms with Crippen LogP contribution in [0.4, 0.5) is 0 Å². The predicted octanol–water partition coefficient (Wildman–Crippen LogP) is 2.55. The molecule has 0 saturated heterocycles. The third kappa shape index (κ3) is 3.59. The van der Waals surface area contributed by atoms with E-state index in [0.29, 0.717) is 5.56 Å². The Morgan fingerprint density at radius 3 is 2.69 bits per heavy atom. The molecule has 0 bridgehead atoms.